The molecule has 1 saturated heterocycles. The smallest absolute Gasteiger partial charge is 0.223 e. The summed E-state index contributed by atoms with van der Waals surface area (Å²) in [6.07, 6.45) is 4.66. The van der Waals surface area contributed by atoms with Crippen molar-refractivity contribution in [2.75, 3.05) is 13.1 Å². The van der Waals surface area contributed by atoms with Gasteiger partial charge >= 0.3 is 0 Å². The summed E-state index contributed by atoms with van der Waals surface area (Å²) in [6, 6.07) is 0. The van der Waals surface area contributed by atoms with Crippen LogP contribution in [-0.4, -0.2) is 48.8 Å². The Morgan fingerprint density at radius 1 is 1.50 bits per heavy atom. The Labute approximate surface area is 128 Å². The molecule has 0 aromatic carbocycles. The van der Waals surface area contributed by atoms with Crippen molar-refractivity contribution < 1.29 is 9.32 Å². The van der Waals surface area contributed by atoms with Crippen LogP contribution in [0, 0.1) is 6.92 Å². The maximum absolute atomic E-state index is 12.4. The number of hydrogen-bond donors (Lipinski definition) is 0. The second-order valence-electron chi connectivity index (χ2n) is 5.71. The molecule has 1 amide bonds. The lowest BCUT2D eigenvalue weighted by Crippen LogP contribution is -2.39. The van der Waals surface area contributed by atoms with Crippen LogP contribution in [0.15, 0.2) is 10.9 Å². The minimum Gasteiger partial charge on any atom is -0.342 e. The summed E-state index contributed by atoms with van der Waals surface area (Å²) in [7, 11) is 1.88. The fourth-order valence-corrected chi connectivity index (χ4v) is 2.81. The fourth-order valence-electron chi connectivity index (χ4n) is 2.81. The normalized spacial score (nSPS) is 18.6. The van der Waals surface area contributed by atoms with E-state index in [1.54, 1.807) is 13.3 Å². The largest absolute Gasteiger partial charge is 0.342 e. The molecule has 22 heavy (non-hydrogen) atoms. The third-order valence-electron chi connectivity index (χ3n) is 4.05. The summed E-state index contributed by atoms with van der Waals surface area (Å²) in [5, 5.41) is 11.8. The van der Waals surface area contributed by atoms with E-state index in [0.717, 1.165) is 25.2 Å². The molecule has 2 aromatic rings. The van der Waals surface area contributed by atoms with E-state index in [1.165, 1.54) is 0 Å². The fraction of sp³-hybridized carbons (Fsp3) is 0.643. The van der Waals surface area contributed by atoms with Crippen molar-refractivity contribution in [1.29, 1.82) is 0 Å². The number of amides is 1. The average Bonchev–Trinajstić information content (AvgIpc) is 3.13. The van der Waals surface area contributed by atoms with E-state index in [1.807, 2.05) is 16.5 Å². The van der Waals surface area contributed by atoms with Gasteiger partial charge in [0, 0.05) is 45.8 Å². The van der Waals surface area contributed by atoms with Gasteiger partial charge in [-0.15, -0.1) is 10.2 Å². The van der Waals surface area contributed by atoms with Crippen molar-refractivity contribution in [2.24, 2.45) is 7.05 Å². The molecule has 3 heterocycles. The molecule has 0 spiro atoms. The number of carbonyl (C=O) groups is 1. The number of hydrogen-bond acceptors (Lipinski definition) is 6. The topological polar surface area (TPSA) is 89.9 Å². The van der Waals surface area contributed by atoms with E-state index in [9.17, 15) is 4.79 Å². The highest BCUT2D eigenvalue weighted by atomic mass is 16.5. The van der Waals surface area contributed by atoms with Crippen LogP contribution < -0.4 is 0 Å². The predicted molar refractivity (Wildman–Crippen MR) is 76.9 cm³/mol. The van der Waals surface area contributed by atoms with Crippen molar-refractivity contribution in [2.45, 2.75) is 38.5 Å². The monoisotopic (exact) mass is 304 g/mol. The Morgan fingerprint density at radius 3 is 3.05 bits per heavy atom. The minimum absolute atomic E-state index is 0.146. The zero-order valence-corrected chi connectivity index (χ0v) is 12.9. The highest BCUT2D eigenvalue weighted by Crippen LogP contribution is 2.25. The lowest BCUT2D eigenvalue weighted by Gasteiger charge is -2.31. The highest BCUT2D eigenvalue weighted by molar-refractivity contribution is 5.76. The van der Waals surface area contributed by atoms with Gasteiger partial charge in [0.2, 0.25) is 11.8 Å². The van der Waals surface area contributed by atoms with E-state index in [4.69, 9.17) is 4.52 Å². The molecule has 1 aliphatic heterocycles. The standard InChI is InChI=1S/C14H20N6O2/c1-10-16-14(18-22-10)11-4-3-7-20(8-11)13(21)6-5-12-17-15-9-19(12)2/h9,11H,3-8H2,1-2H3/t11-/m1/s1. The number of carbonyl (C=O) groups excluding carboxylic acids is 1. The maximum atomic E-state index is 12.4. The summed E-state index contributed by atoms with van der Waals surface area (Å²) in [5.41, 5.74) is 0. The molecule has 1 fully saturated rings. The second kappa shape index (κ2) is 6.25. The quantitative estimate of drug-likeness (QED) is 0.831. The van der Waals surface area contributed by atoms with Crippen molar-refractivity contribution in [3.05, 3.63) is 23.9 Å². The molecule has 8 nitrogen and oxygen atoms in total. The van der Waals surface area contributed by atoms with E-state index < -0.39 is 0 Å². The molecular formula is C14H20N6O2. The van der Waals surface area contributed by atoms with Crippen LogP contribution in [0.2, 0.25) is 0 Å². The van der Waals surface area contributed by atoms with Crippen molar-refractivity contribution in [3.63, 3.8) is 0 Å². The first kappa shape index (κ1) is 14.7. The van der Waals surface area contributed by atoms with Crippen molar-refractivity contribution in [3.8, 4) is 0 Å². The number of piperidine rings is 1. The summed E-state index contributed by atoms with van der Waals surface area (Å²) in [6.45, 7) is 3.24. The van der Waals surface area contributed by atoms with Gasteiger partial charge < -0.3 is 14.0 Å². The molecule has 1 aliphatic rings. The molecule has 0 aliphatic carbocycles. The van der Waals surface area contributed by atoms with Gasteiger partial charge in [-0.3, -0.25) is 4.79 Å². The number of aromatic nitrogens is 5. The second-order valence-corrected chi connectivity index (χ2v) is 5.71. The van der Waals surface area contributed by atoms with Crippen molar-refractivity contribution >= 4 is 5.91 Å². The average molecular weight is 304 g/mol. The Morgan fingerprint density at radius 2 is 2.36 bits per heavy atom. The molecular weight excluding hydrogens is 284 g/mol. The van der Waals surface area contributed by atoms with Gasteiger partial charge in [0.1, 0.15) is 12.2 Å². The first-order chi connectivity index (χ1) is 10.6. The highest BCUT2D eigenvalue weighted by Gasteiger charge is 2.27. The molecule has 3 rings (SSSR count). The SMILES string of the molecule is Cc1nc([C@@H]2CCCN(C(=O)CCc3nncn3C)C2)no1. The third-order valence-corrected chi connectivity index (χ3v) is 4.05. The lowest BCUT2D eigenvalue weighted by molar-refractivity contribution is -0.132. The first-order valence-corrected chi connectivity index (χ1v) is 7.54. The van der Waals surface area contributed by atoms with E-state index in [-0.39, 0.29) is 11.8 Å². The van der Waals surface area contributed by atoms with Crippen molar-refractivity contribution in [1.82, 2.24) is 29.8 Å². The molecule has 0 unspecified atom stereocenters. The molecule has 8 heteroatoms. The lowest BCUT2D eigenvalue weighted by atomic mass is 9.97. The van der Waals surface area contributed by atoms with Gasteiger partial charge in [-0.05, 0) is 12.8 Å². The Kier molecular flexibility index (Phi) is 4.17. The van der Waals surface area contributed by atoms with Crippen LogP contribution in [0.5, 0.6) is 0 Å². The summed E-state index contributed by atoms with van der Waals surface area (Å²) in [5.74, 6) is 2.43. The Bertz CT molecular complexity index is 649. The molecule has 0 saturated carbocycles. The number of rotatable bonds is 4. The van der Waals surface area contributed by atoms with Gasteiger partial charge in [-0.1, -0.05) is 5.16 Å². The number of nitrogens with zero attached hydrogens (tertiary/aromatic N) is 6. The van der Waals surface area contributed by atoms with Crippen LogP contribution in [-0.2, 0) is 18.3 Å². The Hall–Kier alpha value is -2.25. The summed E-state index contributed by atoms with van der Waals surface area (Å²) in [4.78, 5) is 18.6. The van der Waals surface area contributed by atoms with Gasteiger partial charge in [0.05, 0.1) is 0 Å². The van der Waals surface area contributed by atoms with Crippen LogP contribution >= 0.6 is 0 Å². The molecule has 0 N–H and O–H groups in total. The zero-order valence-electron chi connectivity index (χ0n) is 12.9. The van der Waals surface area contributed by atoms with E-state index in [2.05, 4.69) is 20.3 Å². The predicted octanol–water partition coefficient (Wildman–Crippen LogP) is 0.845. The van der Waals surface area contributed by atoms with E-state index >= 15 is 0 Å². The third kappa shape index (κ3) is 3.15. The van der Waals surface area contributed by atoms with Gasteiger partial charge in [0.15, 0.2) is 5.82 Å². The number of likely N-dealkylation sites (tertiary alicyclic amines) is 1. The van der Waals surface area contributed by atoms with Crippen LogP contribution in [0.1, 0.15) is 42.7 Å². The molecule has 118 valence electrons. The van der Waals surface area contributed by atoms with Gasteiger partial charge in [0.25, 0.3) is 0 Å². The van der Waals surface area contributed by atoms with E-state index in [0.29, 0.717) is 31.1 Å². The summed E-state index contributed by atoms with van der Waals surface area (Å²) >= 11 is 0. The first-order valence-electron chi connectivity index (χ1n) is 7.54. The van der Waals surface area contributed by atoms with Gasteiger partial charge in [-0.2, -0.15) is 4.98 Å². The molecule has 0 radical (unpaired) electrons. The molecule has 2 aromatic heterocycles. The van der Waals surface area contributed by atoms with Crippen LogP contribution in [0.4, 0.5) is 0 Å². The molecule has 0 bridgehead atoms. The maximum Gasteiger partial charge on any atom is 0.223 e. The Balaban J connectivity index is 1.57. The minimum atomic E-state index is 0.146. The van der Waals surface area contributed by atoms with Crippen LogP contribution in [0.3, 0.4) is 0 Å². The van der Waals surface area contributed by atoms with Gasteiger partial charge in [-0.25, -0.2) is 0 Å². The summed E-state index contributed by atoms with van der Waals surface area (Å²) < 4.78 is 6.88. The number of aryl methyl sites for hydroxylation is 3. The van der Waals surface area contributed by atoms with Crippen LogP contribution in [0.25, 0.3) is 0 Å². The zero-order chi connectivity index (χ0) is 15.5. The molecule has 1 atom stereocenters.